The molecule has 0 aromatic heterocycles. The Bertz CT molecular complexity index is 228. The van der Waals surface area contributed by atoms with Crippen molar-refractivity contribution >= 4 is 33.1 Å². The fourth-order valence-electron chi connectivity index (χ4n) is 0.909. The lowest BCUT2D eigenvalue weighted by Crippen LogP contribution is -3.00. The van der Waals surface area contributed by atoms with Gasteiger partial charge in [-0.2, -0.15) is 0 Å². The fourth-order valence-corrected chi connectivity index (χ4v) is 3.06. The summed E-state index contributed by atoms with van der Waals surface area (Å²) in [5.74, 6) is 3.01. The lowest BCUT2D eigenvalue weighted by molar-refractivity contribution is -0.457. The zero-order valence-corrected chi connectivity index (χ0v) is 14.1. The van der Waals surface area contributed by atoms with Gasteiger partial charge in [0.2, 0.25) is 5.84 Å². The molecule has 0 fully saturated rings. The van der Waals surface area contributed by atoms with Crippen molar-refractivity contribution in [3.63, 3.8) is 0 Å². The summed E-state index contributed by atoms with van der Waals surface area (Å²) < 4.78 is 0. The summed E-state index contributed by atoms with van der Waals surface area (Å²) in [5, 5.41) is 8.64. The van der Waals surface area contributed by atoms with Crippen LogP contribution in [0.25, 0.3) is 0 Å². The Hall–Kier alpha value is 0.380. The van der Waals surface area contributed by atoms with Crippen LogP contribution in [0, 0.1) is 0 Å². The number of nitrogens with two attached hydrogens (primary N) is 2. The first-order valence-corrected chi connectivity index (χ1v) is 7.97. The van der Waals surface area contributed by atoms with Crippen LogP contribution in [-0.4, -0.2) is 43.2 Å². The quantitative estimate of drug-likeness (QED) is 0.138. The zero-order valence-electron chi connectivity index (χ0n) is 11.0. The van der Waals surface area contributed by atoms with Gasteiger partial charge in [-0.05, 0) is 7.05 Å². The molecule has 0 unspecified atom stereocenters. The molecule has 0 rings (SSSR count). The molecule has 0 amide bonds. The summed E-state index contributed by atoms with van der Waals surface area (Å²) in [5.41, 5.74) is 6.82. The molecule has 0 aliphatic heterocycles. The molecule has 6 N–H and O–H groups in total. The molecule has 0 aliphatic carbocycles. The van der Waals surface area contributed by atoms with E-state index in [0.29, 0.717) is 0 Å². The van der Waals surface area contributed by atoms with Gasteiger partial charge in [-0.3, -0.25) is 16.1 Å². The predicted molar refractivity (Wildman–Crippen MR) is 75.7 cm³/mol. The minimum Gasteiger partial charge on any atom is -1.00 e. The van der Waals surface area contributed by atoms with Crippen LogP contribution in [0.2, 0.25) is 0 Å². The van der Waals surface area contributed by atoms with E-state index in [4.69, 9.17) is 11.1 Å². The maximum atomic E-state index is 5.81. The van der Waals surface area contributed by atoms with E-state index in [-0.39, 0.29) is 24.8 Å². The predicted octanol–water partition coefficient (Wildman–Crippen LogP) is -7.97. The molecule has 0 radical (unpaired) electrons. The van der Waals surface area contributed by atoms with E-state index in [1.165, 1.54) is 0 Å². The van der Waals surface area contributed by atoms with E-state index in [9.17, 15) is 0 Å². The maximum Gasteiger partial charge on any atom is 0.241 e. The normalized spacial score (nSPS) is 10.4. The molecule has 0 heterocycles. The smallest absolute Gasteiger partial charge is 0.241 e. The van der Waals surface area contributed by atoms with Crippen LogP contribution in [0.3, 0.4) is 0 Å². The Morgan fingerprint density at radius 3 is 2.28 bits per heavy atom. The van der Waals surface area contributed by atoms with Crippen molar-refractivity contribution in [3.05, 3.63) is 0 Å². The monoisotopic (exact) mass is 334 g/mol. The highest BCUT2D eigenvalue weighted by molar-refractivity contribution is 8.76. The number of halogens is 2. The van der Waals surface area contributed by atoms with E-state index in [2.05, 4.69) is 10.3 Å². The van der Waals surface area contributed by atoms with Gasteiger partial charge in [0.25, 0.3) is 0 Å². The molecule has 0 saturated heterocycles. The first-order chi connectivity index (χ1) is 7.66. The van der Waals surface area contributed by atoms with Crippen molar-refractivity contribution < 1.29 is 35.2 Å². The van der Waals surface area contributed by atoms with Gasteiger partial charge < -0.3 is 30.1 Å². The number of nitrogens with one attached hydrogen (secondary N) is 2. The molecule has 110 valence electrons. The summed E-state index contributed by atoms with van der Waals surface area (Å²) in [4.78, 5) is 3.18. The largest absolute Gasteiger partial charge is 1.00 e. The molecule has 8 heteroatoms. The second kappa shape index (κ2) is 17.4. The fraction of sp³-hybridized carbons (Fsp3) is 0.800. The van der Waals surface area contributed by atoms with Crippen molar-refractivity contribution in [2.45, 2.75) is 19.8 Å². The first kappa shape index (κ1) is 23.5. The van der Waals surface area contributed by atoms with Crippen LogP contribution in [0.15, 0.2) is 0 Å². The average molecular weight is 335 g/mol. The third-order valence-corrected chi connectivity index (χ3v) is 4.25. The van der Waals surface area contributed by atoms with Gasteiger partial charge in [0.05, 0.1) is 13.0 Å². The molecule has 0 atom stereocenters. The van der Waals surface area contributed by atoms with Crippen LogP contribution in [-0.2, 0) is 0 Å². The van der Waals surface area contributed by atoms with Crippen molar-refractivity contribution in [1.82, 2.24) is 5.32 Å². The molecular weight excluding hydrogens is 311 g/mol. The van der Waals surface area contributed by atoms with Crippen LogP contribution in [0.1, 0.15) is 19.8 Å². The van der Waals surface area contributed by atoms with E-state index in [1.807, 2.05) is 35.6 Å². The highest BCUT2D eigenvalue weighted by atomic mass is 35.5. The van der Waals surface area contributed by atoms with Gasteiger partial charge in [0.1, 0.15) is 5.71 Å². The highest BCUT2D eigenvalue weighted by Crippen LogP contribution is 2.22. The molecule has 0 aliphatic rings. The highest BCUT2D eigenvalue weighted by Gasteiger charge is 2.00. The summed E-state index contributed by atoms with van der Waals surface area (Å²) >= 11 is 0. The maximum absolute atomic E-state index is 5.81. The third kappa shape index (κ3) is 18.7. The molecule has 18 heavy (non-hydrogen) atoms. The van der Waals surface area contributed by atoms with E-state index < -0.39 is 0 Å². The van der Waals surface area contributed by atoms with Crippen LogP contribution in [0.5, 0.6) is 0 Å². The number of hydrogen-bond donors (Lipinski definition) is 4. The van der Waals surface area contributed by atoms with E-state index in [1.54, 1.807) is 0 Å². The van der Waals surface area contributed by atoms with Gasteiger partial charge >= 0.3 is 0 Å². The standard InChI is InChI=1S/C10H22N4S2.2ClH/c1-9(11)3-7-15-16-8-4-10(12)14-6-5-13-2;;/h11,13H,3-8H2,1-2H3,(H2,12,14);2*1H. The second-order valence-electron chi connectivity index (χ2n) is 3.55. The van der Waals surface area contributed by atoms with Gasteiger partial charge in [0.15, 0.2) is 0 Å². The molecule has 4 nitrogen and oxygen atoms in total. The van der Waals surface area contributed by atoms with Crippen molar-refractivity contribution in [3.8, 4) is 0 Å². The molecule has 0 aromatic carbocycles. The van der Waals surface area contributed by atoms with Gasteiger partial charge in [-0.15, -0.1) is 0 Å². The second-order valence-corrected chi connectivity index (χ2v) is 6.25. The summed E-state index contributed by atoms with van der Waals surface area (Å²) in [6, 6.07) is 0. The third-order valence-electron chi connectivity index (χ3n) is 1.84. The van der Waals surface area contributed by atoms with Crippen LogP contribution < -0.4 is 46.3 Å². The van der Waals surface area contributed by atoms with Crippen LogP contribution >= 0.6 is 21.6 Å². The lowest BCUT2D eigenvalue weighted by atomic mass is 10.3. The van der Waals surface area contributed by atoms with Gasteiger partial charge in [-0.1, -0.05) is 21.6 Å². The minimum atomic E-state index is 0. The molecular formula is C10H24Cl2N4S2. The molecule has 0 bridgehead atoms. The molecule has 0 saturated carbocycles. The van der Waals surface area contributed by atoms with Gasteiger partial charge in [-0.25, -0.2) is 0 Å². The summed E-state index contributed by atoms with van der Waals surface area (Å²) in [7, 11) is 5.64. The Balaban J connectivity index is -0.00000112. The minimum absolute atomic E-state index is 0. The number of hydrogen-bond acceptors (Lipinski definition) is 3. The van der Waals surface area contributed by atoms with Gasteiger partial charge in [0, 0.05) is 31.4 Å². The number of likely N-dealkylation sites (N-methyl/N-ethyl adjacent to an activating group) is 1. The Kier molecular flexibility index (Phi) is 22.7. The Morgan fingerprint density at radius 2 is 1.78 bits per heavy atom. The molecule has 0 spiro atoms. The zero-order chi connectivity index (χ0) is 12.2. The summed E-state index contributed by atoms with van der Waals surface area (Å²) in [6.45, 7) is 3.79. The van der Waals surface area contributed by atoms with Crippen molar-refractivity contribution in [2.24, 2.45) is 5.73 Å². The first-order valence-electron chi connectivity index (χ1n) is 5.49. The summed E-state index contributed by atoms with van der Waals surface area (Å²) in [6.07, 6.45) is 1.92. The topological polar surface area (TPSA) is 77.6 Å². The number of rotatable bonds is 10. The average Bonchev–Trinajstić information content (AvgIpc) is 2.23. The van der Waals surface area contributed by atoms with E-state index >= 15 is 0 Å². The van der Waals surface area contributed by atoms with Crippen molar-refractivity contribution in [2.75, 3.05) is 31.6 Å². The SMILES string of the molecule is CNCC[NH+]=C(N)CCSSCCC(C)=[NH2+].[Cl-].[Cl-]. The van der Waals surface area contributed by atoms with Crippen LogP contribution in [0.4, 0.5) is 0 Å². The molecule has 0 aromatic rings. The van der Waals surface area contributed by atoms with Crippen molar-refractivity contribution in [1.29, 1.82) is 0 Å². The lowest BCUT2D eigenvalue weighted by Gasteiger charge is -1.98. The number of amidine groups is 1. The Morgan fingerprint density at radius 1 is 1.22 bits per heavy atom. The van der Waals surface area contributed by atoms with E-state index in [0.717, 1.165) is 49.0 Å². The Labute approximate surface area is 130 Å².